The number of fused-ring (bicyclic) bond motifs is 1. The van der Waals surface area contributed by atoms with Crippen LogP contribution < -0.4 is 9.64 Å². The van der Waals surface area contributed by atoms with E-state index in [1.807, 2.05) is 36.4 Å². The maximum Gasteiger partial charge on any atom is 0.288 e. The van der Waals surface area contributed by atoms with Crippen LogP contribution >= 0.6 is 0 Å². The average molecular weight is 533 g/mol. The molecule has 1 saturated heterocycles. The number of pyridine rings is 1. The Morgan fingerprint density at radius 2 is 1.82 bits per heavy atom. The molecule has 10 heteroatoms. The Morgan fingerprint density at radius 3 is 2.46 bits per heavy atom. The zero-order valence-electron chi connectivity index (χ0n) is 22.4. The van der Waals surface area contributed by atoms with E-state index in [4.69, 9.17) is 14.5 Å². The van der Waals surface area contributed by atoms with Gasteiger partial charge in [-0.1, -0.05) is 38.1 Å². The van der Waals surface area contributed by atoms with E-state index in [1.165, 1.54) is 6.20 Å². The second-order valence-corrected chi connectivity index (χ2v) is 10.5. The molecule has 0 spiro atoms. The Bertz CT molecular complexity index is 1510. The van der Waals surface area contributed by atoms with Crippen LogP contribution in [-0.2, 0) is 23.2 Å². The summed E-state index contributed by atoms with van der Waals surface area (Å²) in [7, 11) is 1.72. The van der Waals surface area contributed by atoms with Crippen LogP contribution in [0.5, 0.6) is 5.75 Å². The molecule has 1 aromatic carbocycles. The summed E-state index contributed by atoms with van der Waals surface area (Å²) in [5.41, 5.74) is 2.96. The molecule has 1 fully saturated rings. The third-order valence-corrected chi connectivity index (χ3v) is 7.40. The summed E-state index contributed by atoms with van der Waals surface area (Å²) in [6.45, 7) is 7.17. The Labute approximate surface area is 225 Å². The normalized spacial score (nSPS) is 16.5. The minimum Gasteiger partial charge on any atom is -0.486 e. The van der Waals surface area contributed by atoms with Crippen LogP contribution in [0, 0.1) is 0 Å². The predicted octanol–water partition coefficient (Wildman–Crippen LogP) is 5.30. The number of benzene rings is 1. The van der Waals surface area contributed by atoms with Gasteiger partial charge in [-0.15, -0.1) is 0 Å². The lowest BCUT2D eigenvalue weighted by Crippen LogP contribution is -2.61. The van der Waals surface area contributed by atoms with Gasteiger partial charge in [0.2, 0.25) is 0 Å². The number of aryl methyl sites for hydroxylation is 1. The Morgan fingerprint density at radius 1 is 1.05 bits per heavy atom. The molecule has 202 valence electrons. The first-order valence-electron chi connectivity index (χ1n) is 13.0. The molecule has 0 atom stereocenters. The maximum atomic E-state index is 13.8. The standard InChI is InChI=1S/C29H30F2N6O2/c1-18(2)24-21(6-5-11-32-24)25-33-14-22-27(35-25)37(12-13-39-22)29(16-38-17-29)20-9-7-19(8-10-20)26-34-23(15-36(26)4)28(3,30)31/h5-11,14-15,18H,12-13,16-17H2,1-4H3. The molecule has 0 bridgehead atoms. The lowest BCUT2D eigenvalue weighted by molar-refractivity contribution is -0.0639. The Balaban J connectivity index is 1.37. The smallest absolute Gasteiger partial charge is 0.288 e. The van der Waals surface area contributed by atoms with Gasteiger partial charge in [-0.25, -0.2) is 15.0 Å². The minimum absolute atomic E-state index is 0.219. The average Bonchev–Trinajstić information content (AvgIpc) is 3.30. The molecule has 6 rings (SSSR count). The van der Waals surface area contributed by atoms with Crippen molar-refractivity contribution in [2.45, 2.75) is 38.2 Å². The molecule has 39 heavy (non-hydrogen) atoms. The first-order chi connectivity index (χ1) is 18.7. The number of nitrogens with zero attached hydrogens (tertiary/aromatic N) is 6. The van der Waals surface area contributed by atoms with Gasteiger partial charge in [0.1, 0.15) is 23.7 Å². The van der Waals surface area contributed by atoms with E-state index in [-0.39, 0.29) is 11.6 Å². The molecule has 3 aromatic heterocycles. The van der Waals surface area contributed by atoms with Crippen LogP contribution in [0.1, 0.15) is 43.6 Å². The number of hydrogen-bond donors (Lipinski definition) is 0. The van der Waals surface area contributed by atoms with Crippen LogP contribution in [0.3, 0.4) is 0 Å². The lowest BCUT2D eigenvalue weighted by atomic mass is 9.85. The molecule has 0 saturated carbocycles. The molecular weight excluding hydrogens is 502 g/mol. The summed E-state index contributed by atoms with van der Waals surface area (Å²) in [5, 5.41) is 0. The fraction of sp³-hybridized carbons (Fsp3) is 0.379. The van der Waals surface area contributed by atoms with E-state index in [2.05, 4.69) is 33.7 Å². The highest BCUT2D eigenvalue weighted by Gasteiger charge is 2.48. The number of halogens is 2. The highest BCUT2D eigenvalue weighted by atomic mass is 19.3. The van der Waals surface area contributed by atoms with E-state index in [0.717, 1.165) is 35.1 Å². The van der Waals surface area contributed by atoms with E-state index in [9.17, 15) is 8.78 Å². The van der Waals surface area contributed by atoms with E-state index in [1.54, 1.807) is 24.0 Å². The summed E-state index contributed by atoms with van der Waals surface area (Å²) in [4.78, 5) is 20.6. The monoisotopic (exact) mass is 532 g/mol. The van der Waals surface area contributed by atoms with E-state index in [0.29, 0.717) is 43.8 Å². The van der Waals surface area contributed by atoms with Crippen molar-refractivity contribution < 1.29 is 18.3 Å². The van der Waals surface area contributed by atoms with Gasteiger partial charge in [0.05, 0.1) is 31.6 Å². The summed E-state index contributed by atoms with van der Waals surface area (Å²) < 4.78 is 41.0. The molecule has 0 N–H and O–H groups in total. The Hall–Kier alpha value is -3.92. The molecule has 4 aromatic rings. The highest BCUT2D eigenvalue weighted by molar-refractivity contribution is 5.66. The van der Waals surface area contributed by atoms with Crippen LogP contribution in [0.2, 0.25) is 0 Å². The molecule has 0 amide bonds. The lowest BCUT2D eigenvalue weighted by Gasteiger charge is -2.51. The minimum atomic E-state index is -3.00. The number of alkyl halides is 2. The van der Waals surface area contributed by atoms with E-state index >= 15 is 0 Å². The molecule has 0 unspecified atom stereocenters. The first kappa shape index (κ1) is 25.4. The zero-order chi connectivity index (χ0) is 27.4. The topological polar surface area (TPSA) is 78.2 Å². The van der Waals surface area contributed by atoms with Crippen molar-refractivity contribution in [3.05, 3.63) is 71.9 Å². The van der Waals surface area contributed by atoms with Crippen molar-refractivity contribution in [3.63, 3.8) is 0 Å². The predicted molar refractivity (Wildman–Crippen MR) is 143 cm³/mol. The number of imidazole rings is 1. The fourth-order valence-corrected chi connectivity index (χ4v) is 5.27. The fourth-order valence-electron chi connectivity index (χ4n) is 5.27. The van der Waals surface area contributed by atoms with Crippen molar-refractivity contribution in [1.82, 2.24) is 24.5 Å². The van der Waals surface area contributed by atoms with E-state index < -0.39 is 11.5 Å². The van der Waals surface area contributed by atoms with Crippen molar-refractivity contribution in [3.8, 4) is 28.5 Å². The van der Waals surface area contributed by atoms with Crippen LogP contribution in [-0.4, -0.2) is 50.9 Å². The van der Waals surface area contributed by atoms with Gasteiger partial charge in [-0.05, 0) is 23.6 Å². The number of rotatable bonds is 6. The van der Waals surface area contributed by atoms with Crippen LogP contribution in [0.25, 0.3) is 22.8 Å². The second kappa shape index (κ2) is 9.37. The first-order valence-corrected chi connectivity index (χ1v) is 13.0. The summed E-state index contributed by atoms with van der Waals surface area (Å²) in [5.74, 6) is -0.343. The highest BCUT2D eigenvalue weighted by Crippen LogP contribution is 2.44. The molecule has 2 aliphatic heterocycles. The van der Waals surface area contributed by atoms with Gasteiger partial charge in [-0.2, -0.15) is 8.78 Å². The second-order valence-electron chi connectivity index (χ2n) is 10.5. The van der Waals surface area contributed by atoms with Gasteiger partial charge in [0.25, 0.3) is 5.92 Å². The quantitative estimate of drug-likeness (QED) is 0.334. The van der Waals surface area contributed by atoms with Gasteiger partial charge in [-0.3, -0.25) is 4.98 Å². The third kappa shape index (κ3) is 4.32. The molecule has 2 aliphatic rings. The van der Waals surface area contributed by atoms with Gasteiger partial charge < -0.3 is 18.9 Å². The third-order valence-electron chi connectivity index (χ3n) is 7.40. The Kier molecular flexibility index (Phi) is 6.10. The van der Waals surface area contributed by atoms with Crippen molar-refractivity contribution in [2.24, 2.45) is 7.05 Å². The largest absolute Gasteiger partial charge is 0.486 e. The molecular formula is C29H30F2N6O2. The maximum absolute atomic E-state index is 13.8. The molecule has 8 nitrogen and oxygen atoms in total. The summed E-state index contributed by atoms with van der Waals surface area (Å²) in [6.07, 6.45) is 4.90. The molecule has 5 heterocycles. The van der Waals surface area contributed by atoms with Crippen LogP contribution in [0.15, 0.2) is 55.0 Å². The molecule has 0 radical (unpaired) electrons. The number of ether oxygens (including phenoxy) is 2. The van der Waals surface area contributed by atoms with Crippen molar-refractivity contribution in [1.29, 1.82) is 0 Å². The number of hydrogen-bond acceptors (Lipinski definition) is 7. The SMILES string of the molecule is CC(C)c1ncccc1-c1ncc2c(n1)N(C1(c3ccc(-c4nc(C(C)(F)F)cn4C)cc3)COC1)CCO2. The summed E-state index contributed by atoms with van der Waals surface area (Å²) in [6, 6.07) is 11.8. The number of aromatic nitrogens is 5. The summed E-state index contributed by atoms with van der Waals surface area (Å²) >= 11 is 0. The van der Waals surface area contributed by atoms with Crippen molar-refractivity contribution >= 4 is 5.82 Å². The van der Waals surface area contributed by atoms with Gasteiger partial charge >= 0.3 is 0 Å². The van der Waals surface area contributed by atoms with Crippen molar-refractivity contribution in [2.75, 3.05) is 31.3 Å². The zero-order valence-corrected chi connectivity index (χ0v) is 22.4. The van der Waals surface area contributed by atoms with Gasteiger partial charge in [0.15, 0.2) is 17.4 Å². The van der Waals surface area contributed by atoms with Gasteiger partial charge in [0, 0.05) is 37.5 Å². The van der Waals surface area contributed by atoms with Crippen LogP contribution in [0.4, 0.5) is 14.6 Å². The molecule has 0 aliphatic carbocycles. The number of anilines is 1.